The molecule has 1 saturated heterocycles. The number of ether oxygens (including phenoxy) is 3. The van der Waals surface area contributed by atoms with E-state index in [9.17, 15) is 14.4 Å². The molecule has 1 N–H and O–H groups in total. The molecule has 35 heavy (non-hydrogen) atoms. The van der Waals surface area contributed by atoms with E-state index in [1.807, 2.05) is 0 Å². The molecule has 0 radical (unpaired) electrons. The Kier molecular flexibility index (Phi) is 6.91. The van der Waals surface area contributed by atoms with Crippen molar-refractivity contribution < 1.29 is 33.0 Å². The lowest BCUT2D eigenvalue weighted by atomic mass is 10.1. The number of rotatable bonds is 9. The molecule has 1 aliphatic heterocycles. The van der Waals surface area contributed by atoms with Gasteiger partial charge in [0.1, 0.15) is 29.1 Å². The molecular formula is C25H25N3O7. The molecular weight excluding hydrogens is 454 g/mol. The van der Waals surface area contributed by atoms with Crippen LogP contribution in [0.3, 0.4) is 0 Å². The van der Waals surface area contributed by atoms with Crippen LogP contribution < -0.4 is 24.4 Å². The second kappa shape index (κ2) is 10.2. The highest BCUT2D eigenvalue weighted by Gasteiger charge is 2.47. The van der Waals surface area contributed by atoms with Gasteiger partial charge in [0, 0.05) is 30.0 Å². The molecule has 3 aromatic rings. The number of imide groups is 1. The first-order valence-corrected chi connectivity index (χ1v) is 10.8. The number of methoxy groups -OCH3 is 3. The van der Waals surface area contributed by atoms with Gasteiger partial charge in [0.05, 0.1) is 46.2 Å². The zero-order chi connectivity index (χ0) is 24.9. The summed E-state index contributed by atoms with van der Waals surface area (Å²) in [7, 11) is 4.50. The monoisotopic (exact) mass is 479 g/mol. The maximum atomic E-state index is 13.4. The second-order valence-corrected chi connectivity index (χ2v) is 7.73. The van der Waals surface area contributed by atoms with E-state index in [4.69, 9.17) is 18.6 Å². The first-order chi connectivity index (χ1) is 16.9. The fourth-order valence-electron chi connectivity index (χ4n) is 3.84. The van der Waals surface area contributed by atoms with Crippen molar-refractivity contribution >= 4 is 29.2 Å². The highest BCUT2D eigenvalue weighted by atomic mass is 16.5. The molecule has 4 rings (SSSR count). The summed E-state index contributed by atoms with van der Waals surface area (Å²) in [6.45, 7) is 0.0307. The summed E-state index contributed by atoms with van der Waals surface area (Å²) < 4.78 is 21.1. The van der Waals surface area contributed by atoms with Crippen molar-refractivity contribution in [2.24, 2.45) is 0 Å². The van der Waals surface area contributed by atoms with Gasteiger partial charge >= 0.3 is 6.03 Å². The van der Waals surface area contributed by atoms with Gasteiger partial charge in [0.2, 0.25) is 5.91 Å². The van der Waals surface area contributed by atoms with E-state index in [-0.39, 0.29) is 13.0 Å². The normalized spacial score (nSPS) is 15.3. The molecule has 0 bridgehead atoms. The summed E-state index contributed by atoms with van der Waals surface area (Å²) in [5, 5.41) is 2.75. The Balaban J connectivity index is 1.59. The molecule has 0 aliphatic carbocycles. The first-order valence-electron chi connectivity index (χ1n) is 10.8. The summed E-state index contributed by atoms with van der Waals surface area (Å²) in [6.07, 6.45) is 1.22. The lowest BCUT2D eigenvalue weighted by Gasteiger charge is -2.20. The van der Waals surface area contributed by atoms with E-state index < -0.39 is 23.9 Å². The number of nitrogens with zero attached hydrogens (tertiary/aromatic N) is 2. The second-order valence-electron chi connectivity index (χ2n) is 7.73. The number of carbonyl (C=O) groups excluding carboxylic acids is 3. The predicted molar refractivity (Wildman–Crippen MR) is 127 cm³/mol. The van der Waals surface area contributed by atoms with Crippen LogP contribution in [0.2, 0.25) is 0 Å². The standard InChI is InChI=1S/C25H25N3O7/c1-32-18-7-4-6-17(12-18)28-24(30)22(27(25(28)31)15-19-8-5-9-35-19)14-23(29)26-16-10-20(33-2)13-21(11-16)34-3/h4-13,22H,14-15H2,1-3H3,(H,26,29)/t22-/m1/s1. The van der Waals surface area contributed by atoms with Gasteiger partial charge in [-0.25, -0.2) is 9.69 Å². The zero-order valence-electron chi connectivity index (χ0n) is 19.5. The summed E-state index contributed by atoms with van der Waals surface area (Å²) >= 11 is 0. The van der Waals surface area contributed by atoms with Crippen LogP contribution in [0.5, 0.6) is 17.2 Å². The van der Waals surface area contributed by atoms with Crippen molar-refractivity contribution in [3.05, 3.63) is 66.6 Å². The Bertz CT molecular complexity index is 1200. The van der Waals surface area contributed by atoms with E-state index in [0.29, 0.717) is 34.4 Å². The number of hydrogen-bond donors (Lipinski definition) is 1. The number of hydrogen-bond acceptors (Lipinski definition) is 7. The molecule has 1 aliphatic rings. The predicted octanol–water partition coefficient (Wildman–Crippen LogP) is 3.67. The van der Waals surface area contributed by atoms with E-state index >= 15 is 0 Å². The molecule has 2 aromatic carbocycles. The molecule has 1 atom stereocenters. The topological polar surface area (TPSA) is 111 Å². The van der Waals surface area contributed by atoms with E-state index in [1.165, 1.54) is 32.5 Å². The Morgan fingerprint density at radius 3 is 2.29 bits per heavy atom. The van der Waals surface area contributed by atoms with Gasteiger partial charge in [-0.1, -0.05) is 6.07 Å². The number of benzene rings is 2. The number of anilines is 2. The summed E-state index contributed by atoms with van der Waals surface area (Å²) in [5.41, 5.74) is 0.787. The van der Waals surface area contributed by atoms with Crippen LogP contribution in [0.25, 0.3) is 0 Å². The minimum absolute atomic E-state index is 0.0307. The van der Waals surface area contributed by atoms with Gasteiger partial charge < -0.3 is 28.8 Å². The van der Waals surface area contributed by atoms with E-state index in [2.05, 4.69) is 5.32 Å². The molecule has 2 heterocycles. The Morgan fingerprint density at radius 2 is 1.66 bits per heavy atom. The molecule has 0 spiro atoms. The van der Waals surface area contributed by atoms with Crippen LogP contribution in [-0.4, -0.2) is 50.1 Å². The highest BCUT2D eigenvalue weighted by Crippen LogP contribution is 2.31. The average molecular weight is 479 g/mol. The maximum Gasteiger partial charge on any atom is 0.332 e. The van der Waals surface area contributed by atoms with Crippen molar-refractivity contribution in [3.8, 4) is 17.2 Å². The number of urea groups is 1. The molecule has 10 heteroatoms. The largest absolute Gasteiger partial charge is 0.497 e. The first kappa shape index (κ1) is 23.7. The van der Waals surface area contributed by atoms with Crippen LogP contribution in [-0.2, 0) is 16.1 Å². The van der Waals surface area contributed by atoms with Gasteiger partial charge in [0.25, 0.3) is 5.91 Å². The molecule has 0 saturated carbocycles. The number of nitrogens with one attached hydrogen (secondary N) is 1. The summed E-state index contributed by atoms with van der Waals surface area (Å²) in [6, 6.07) is 13.3. The van der Waals surface area contributed by atoms with Crippen molar-refractivity contribution in [2.75, 3.05) is 31.5 Å². The van der Waals surface area contributed by atoms with E-state index in [0.717, 1.165) is 4.90 Å². The number of amides is 4. The molecule has 4 amide bonds. The Labute approximate surface area is 202 Å². The van der Waals surface area contributed by atoms with Gasteiger partial charge in [0.15, 0.2) is 0 Å². The smallest absolute Gasteiger partial charge is 0.332 e. The fraction of sp³-hybridized carbons (Fsp3) is 0.240. The zero-order valence-corrected chi connectivity index (χ0v) is 19.5. The van der Waals surface area contributed by atoms with Gasteiger partial charge in [-0.2, -0.15) is 0 Å². The van der Waals surface area contributed by atoms with Crippen molar-refractivity contribution in [2.45, 2.75) is 19.0 Å². The highest BCUT2D eigenvalue weighted by molar-refractivity contribution is 6.22. The Hall–Kier alpha value is -4.47. The number of furan rings is 1. The molecule has 10 nitrogen and oxygen atoms in total. The molecule has 1 aromatic heterocycles. The van der Waals surface area contributed by atoms with Gasteiger partial charge in [-0.3, -0.25) is 9.59 Å². The van der Waals surface area contributed by atoms with Crippen LogP contribution in [0, 0.1) is 0 Å². The fourth-order valence-corrected chi connectivity index (χ4v) is 3.84. The van der Waals surface area contributed by atoms with Gasteiger partial charge in [-0.05, 0) is 24.3 Å². The minimum atomic E-state index is -1.04. The lowest BCUT2D eigenvalue weighted by Crippen LogP contribution is -2.37. The van der Waals surface area contributed by atoms with Gasteiger partial charge in [-0.15, -0.1) is 0 Å². The third-order valence-electron chi connectivity index (χ3n) is 5.55. The average Bonchev–Trinajstić information content (AvgIpc) is 3.46. The maximum absolute atomic E-state index is 13.4. The number of carbonyl (C=O) groups is 3. The third kappa shape index (κ3) is 5.06. The van der Waals surface area contributed by atoms with Crippen LogP contribution in [0.1, 0.15) is 12.2 Å². The summed E-state index contributed by atoms with van der Waals surface area (Å²) in [4.78, 5) is 42.1. The lowest BCUT2D eigenvalue weighted by molar-refractivity contribution is -0.124. The molecule has 0 unspecified atom stereocenters. The molecule has 182 valence electrons. The van der Waals surface area contributed by atoms with E-state index in [1.54, 1.807) is 54.6 Å². The quantitative estimate of drug-likeness (QED) is 0.466. The SMILES string of the molecule is COc1cc(NC(=O)C[C@@H]2C(=O)N(c3cccc(OC)c3)C(=O)N2Cc2ccco2)cc(OC)c1. The Morgan fingerprint density at radius 1 is 0.943 bits per heavy atom. The molecule has 1 fully saturated rings. The summed E-state index contributed by atoms with van der Waals surface area (Å²) in [5.74, 6) is 0.998. The van der Waals surface area contributed by atoms with Crippen molar-refractivity contribution in [3.63, 3.8) is 0 Å². The van der Waals surface area contributed by atoms with Crippen LogP contribution >= 0.6 is 0 Å². The van der Waals surface area contributed by atoms with Crippen molar-refractivity contribution in [1.82, 2.24) is 4.90 Å². The minimum Gasteiger partial charge on any atom is -0.497 e. The van der Waals surface area contributed by atoms with Crippen LogP contribution in [0.4, 0.5) is 16.2 Å². The van der Waals surface area contributed by atoms with Crippen molar-refractivity contribution in [1.29, 1.82) is 0 Å². The van der Waals surface area contributed by atoms with Crippen LogP contribution in [0.15, 0.2) is 65.3 Å². The third-order valence-corrected chi connectivity index (χ3v) is 5.55.